The molecule has 5 nitrogen and oxygen atoms in total. The lowest BCUT2D eigenvalue weighted by molar-refractivity contribution is -0.151. The molecule has 0 heterocycles. The minimum Gasteiger partial charge on any atom is -0.468 e. The summed E-state index contributed by atoms with van der Waals surface area (Å²) in [4.78, 5) is 11.8. The van der Waals surface area contributed by atoms with Gasteiger partial charge in [0.2, 0.25) is 0 Å². The average Bonchev–Trinajstić information content (AvgIpc) is 3.09. The van der Waals surface area contributed by atoms with E-state index in [-0.39, 0.29) is 11.6 Å². The number of esters is 1. The van der Waals surface area contributed by atoms with E-state index in [0.29, 0.717) is 25.9 Å². The molecule has 0 radical (unpaired) electrons. The van der Waals surface area contributed by atoms with E-state index in [4.69, 9.17) is 14.2 Å². The Bertz CT molecular complexity index is 296. The number of methoxy groups -OCH3 is 1. The van der Waals surface area contributed by atoms with Crippen molar-refractivity contribution in [1.29, 1.82) is 0 Å². The third-order valence-electron chi connectivity index (χ3n) is 2.89. The van der Waals surface area contributed by atoms with Crippen molar-refractivity contribution in [2.45, 2.75) is 57.7 Å². The van der Waals surface area contributed by atoms with Gasteiger partial charge in [0.25, 0.3) is 0 Å². The van der Waals surface area contributed by atoms with Crippen LogP contribution in [-0.4, -0.2) is 50.1 Å². The molecule has 0 aromatic carbocycles. The van der Waals surface area contributed by atoms with Crippen LogP contribution in [0.25, 0.3) is 0 Å². The second-order valence-corrected chi connectivity index (χ2v) is 6.26. The Hall–Kier alpha value is -0.650. The Morgan fingerprint density at radius 2 is 1.84 bits per heavy atom. The summed E-state index contributed by atoms with van der Waals surface area (Å²) in [5.41, 5.74) is -0.932. The van der Waals surface area contributed by atoms with E-state index >= 15 is 0 Å². The number of carbonyl (C=O) groups is 1. The third kappa shape index (κ3) is 6.36. The molecule has 1 aliphatic carbocycles. The van der Waals surface area contributed by atoms with Gasteiger partial charge in [0, 0.05) is 6.04 Å². The molecule has 0 aromatic heterocycles. The predicted octanol–water partition coefficient (Wildman–Crippen LogP) is 1.50. The molecule has 1 rings (SSSR count). The van der Waals surface area contributed by atoms with Crippen molar-refractivity contribution in [1.82, 2.24) is 5.32 Å². The van der Waals surface area contributed by atoms with Gasteiger partial charge in [-0.15, -0.1) is 0 Å². The molecule has 19 heavy (non-hydrogen) atoms. The van der Waals surface area contributed by atoms with Crippen LogP contribution in [0.4, 0.5) is 0 Å². The van der Waals surface area contributed by atoms with Crippen LogP contribution in [0.15, 0.2) is 0 Å². The zero-order chi connectivity index (χ0) is 14.5. The van der Waals surface area contributed by atoms with E-state index in [1.807, 2.05) is 27.7 Å². The second-order valence-electron chi connectivity index (χ2n) is 6.26. The number of hydrogen-bond donors (Lipinski definition) is 1. The smallest absolute Gasteiger partial charge is 0.328 e. The summed E-state index contributed by atoms with van der Waals surface area (Å²) < 4.78 is 16.0. The van der Waals surface area contributed by atoms with Crippen molar-refractivity contribution in [2.75, 3.05) is 26.9 Å². The largest absolute Gasteiger partial charge is 0.468 e. The first-order chi connectivity index (χ1) is 8.77. The third-order valence-corrected chi connectivity index (χ3v) is 2.89. The Kier molecular flexibility index (Phi) is 5.77. The summed E-state index contributed by atoms with van der Waals surface area (Å²) in [6.45, 7) is 9.10. The Labute approximate surface area is 116 Å². The molecular formula is C14H27NO4. The van der Waals surface area contributed by atoms with Crippen LogP contribution in [0.5, 0.6) is 0 Å². The monoisotopic (exact) mass is 273 g/mol. The summed E-state index contributed by atoms with van der Waals surface area (Å²) in [5.74, 6) is -0.281. The lowest BCUT2D eigenvalue weighted by atomic mass is 10.0. The normalized spacial score (nSPS) is 19.0. The van der Waals surface area contributed by atoms with E-state index in [2.05, 4.69) is 5.32 Å². The highest BCUT2D eigenvalue weighted by Crippen LogP contribution is 2.23. The van der Waals surface area contributed by atoms with Gasteiger partial charge in [-0.3, -0.25) is 5.32 Å². The number of rotatable bonds is 8. The zero-order valence-electron chi connectivity index (χ0n) is 12.7. The quantitative estimate of drug-likeness (QED) is 0.536. The zero-order valence-corrected chi connectivity index (χ0v) is 12.7. The summed E-state index contributed by atoms with van der Waals surface area (Å²) in [6.07, 6.45) is 2.22. The minimum absolute atomic E-state index is 0.165. The molecule has 0 spiro atoms. The Balaban J connectivity index is 2.30. The molecule has 0 saturated heterocycles. The van der Waals surface area contributed by atoms with Crippen LogP contribution in [0, 0.1) is 0 Å². The lowest BCUT2D eigenvalue weighted by Crippen LogP contribution is -2.54. The molecule has 1 fully saturated rings. The molecule has 0 aromatic rings. The maximum absolute atomic E-state index is 11.8. The van der Waals surface area contributed by atoms with Gasteiger partial charge in [0.1, 0.15) is 5.54 Å². The van der Waals surface area contributed by atoms with Crippen molar-refractivity contribution in [3.05, 3.63) is 0 Å². The van der Waals surface area contributed by atoms with Gasteiger partial charge in [-0.2, -0.15) is 0 Å². The highest BCUT2D eigenvalue weighted by Gasteiger charge is 2.39. The van der Waals surface area contributed by atoms with E-state index in [0.717, 1.165) is 12.8 Å². The van der Waals surface area contributed by atoms with Gasteiger partial charge in [-0.25, -0.2) is 4.79 Å². The highest BCUT2D eigenvalue weighted by molar-refractivity contribution is 5.80. The SMILES string of the molecule is COC(=O)C(C)(COCCOC(C)(C)C)NC1CC1. The summed E-state index contributed by atoms with van der Waals surface area (Å²) in [5, 5.41) is 3.28. The average molecular weight is 273 g/mol. The standard InChI is InChI=1S/C14H27NO4/c1-13(2,3)19-9-8-18-10-14(4,12(16)17-5)15-11-6-7-11/h11,15H,6-10H2,1-5H3. The fourth-order valence-corrected chi connectivity index (χ4v) is 1.75. The summed E-state index contributed by atoms with van der Waals surface area (Å²) in [6, 6.07) is 0.415. The first-order valence-corrected chi connectivity index (χ1v) is 6.85. The molecule has 1 atom stereocenters. The van der Waals surface area contributed by atoms with Crippen LogP contribution in [0.1, 0.15) is 40.5 Å². The molecule has 5 heteroatoms. The van der Waals surface area contributed by atoms with E-state index in [9.17, 15) is 4.79 Å². The summed E-state index contributed by atoms with van der Waals surface area (Å²) >= 11 is 0. The Morgan fingerprint density at radius 3 is 2.32 bits per heavy atom. The lowest BCUT2D eigenvalue weighted by Gasteiger charge is -2.28. The molecule has 0 amide bonds. The first-order valence-electron chi connectivity index (χ1n) is 6.85. The molecule has 1 N–H and O–H groups in total. The molecule has 1 unspecified atom stereocenters. The molecular weight excluding hydrogens is 246 g/mol. The van der Waals surface area contributed by atoms with Gasteiger partial charge >= 0.3 is 5.97 Å². The number of hydrogen-bond acceptors (Lipinski definition) is 5. The highest BCUT2D eigenvalue weighted by atomic mass is 16.5. The van der Waals surface area contributed by atoms with Gasteiger partial charge in [-0.05, 0) is 40.5 Å². The van der Waals surface area contributed by atoms with Crippen molar-refractivity contribution >= 4 is 5.97 Å². The van der Waals surface area contributed by atoms with E-state index in [1.54, 1.807) is 0 Å². The maximum atomic E-state index is 11.8. The van der Waals surface area contributed by atoms with Crippen LogP contribution in [-0.2, 0) is 19.0 Å². The van der Waals surface area contributed by atoms with Gasteiger partial charge in [0.05, 0.1) is 32.5 Å². The molecule has 1 aliphatic rings. The fourth-order valence-electron chi connectivity index (χ4n) is 1.75. The molecule has 0 aliphatic heterocycles. The van der Waals surface area contributed by atoms with Gasteiger partial charge in [-0.1, -0.05) is 0 Å². The van der Waals surface area contributed by atoms with Gasteiger partial charge < -0.3 is 14.2 Å². The molecule has 0 bridgehead atoms. The van der Waals surface area contributed by atoms with Crippen molar-refractivity contribution in [2.24, 2.45) is 0 Å². The predicted molar refractivity (Wildman–Crippen MR) is 73.1 cm³/mol. The Morgan fingerprint density at radius 1 is 1.21 bits per heavy atom. The van der Waals surface area contributed by atoms with Crippen molar-refractivity contribution in [3.8, 4) is 0 Å². The van der Waals surface area contributed by atoms with Crippen molar-refractivity contribution < 1.29 is 19.0 Å². The van der Waals surface area contributed by atoms with Gasteiger partial charge in [0.15, 0.2) is 0 Å². The first kappa shape index (κ1) is 16.4. The topological polar surface area (TPSA) is 56.8 Å². The second kappa shape index (κ2) is 6.68. The number of nitrogens with one attached hydrogen (secondary N) is 1. The van der Waals surface area contributed by atoms with Crippen molar-refractivity contribution in [3.63, 3.8) is 0 Å². The minimum atomic E-state index is -0.766. The molecule has 112 valence electrons. The van der Waals surface area contributed by atoms with E-state index in [1.165, 1.54) is 7.11 Å². The van der Waals surface area contributed by atoms with E-state index < -0.39 is 5.54 Å². The van der Waals surface area contributed by atoms with Crippen LogP contribution >= 0.6 is 0 Å². The van der Waals surface area contributed by atoms with Crippen LogP contribution in [0.2, 0.25) is 0 Å². The summed E-state index contributed by atoms with van der Waals surface area (Å²) in [7, 11) is 1.40. The number of carbonyl (C=O) groups excluding carboxylic acids is 1. The molecule has 1 saturated carbocycles. The van der Waals surface area contributed by atoms with Crippen LogP contribution in [0.3, 0.4) is 0 Å². The fraction of sp³-hybridized carbons (Fsp3) is 0.929. The maximum Gasteiger partial charge on any atom is 0.328 e. The van der Waals surface area contributed by atoms with Crippen LogP contribution < -0.4 is 5.32 Å². The number of ether oxygens (including phenoxy) is 3.